The van der Waals surface area contributed by atoms with Gasteiger partial charge in [0.15, 0.2) is 6.10 Å². The maximum atomic E-state index is 15.0. The molecule has 0 fully saturated rings. The van der Waals surface area contributed by atoms with Crippen LogP contribution in [0.5, 0.6) is 0 Å². The van der Waals surface area contributed by atoms with E-state index < -0.39 is 17.9 Å². The molecule has 1 aliphatic rings. The molecule has 1 aliphatic carbocycles. The number of hydrogen-bond acceptors (Lipinski definition) is 5. The van der Waals surface area contributed by atoms with Gasteiger partial charge in [0.25, 0.3) is 0 Å². The number of methoxy groups -OCH3 is 1. The van der Waals surface area contributed by atoms with E-state index in [9.17, 15) is 14.3 Å². The molecule has 1 atom stereocenters. The van der Waals surface area contributed by atoms with E-state index in [1.165, 1.54) is 18.1 Å². The van der Waals surface area contributed by atoms with Gasteiger partial charge in [-0.2, -0.15) is 0 Å². The zero-order valence-electron chi connectivity index (χ0n) is 15.5. The lowest BCUT2D eigenvalue weighted by Crippen LogP contribution is -2.17. The molecule has 2 heterocycles. The molecule has 0 aliphatic heterocycles. The molecule has 0 amide bonds. The summed E-state index contributed by atoms with van der Waals surface area (Å²) < 4.78 is 19.7. The Morgan fingerprint density at radius 1 is 1.36 bits per heavy atom. The van der Waals surface area contributed by atoms with Crippen molar-refractivity contribution in [1.29, 1.82) is 0 Å². The van der Waals surface area contributed by atoms with Crippen LogP contribution in [0.3, 0.4) is 0 Å². The molecule has 3 aromatic rings. The largest absolute Gasteiger partial charge is 0.467 e. The van der Waals surface area contributed by atoms with Crippen molar-refractivity contribution in [2.45, 2.75) is 38.7 Å². The average molecular weight is 420 g/mol. The first kappa shape index (κ1) is 19.3. The number of ether oxygens (including phenoxy) is 1. The molecule has 0 saturated heterocycles. The number of thiophene rings is 1. The normalized spacial score (nSPS) is 14.8. The fourth-order valence-corrected chi connectivity index (χ4v) is 5.43. The van der Waals surface area contributed by atoms with Crippen LogP contribution in [-0.2, 0) is 22.4 Å². The summed E-state index contributed by atoms with van der Waals surface area (Å²) in [6, 6.07) is 4.44. The molecule has 0 bridgehead atoms. The predicted octanol–water partition coefficient (Wildman–Crippen LogP) is 5.15. The van der Waals surface area contributed by atoms with Crippen LogP contribution in [0.2, 0.25) is 5.02 Å². The van der Waals surface area contributed by atoms with E-state index in [1.807, 2.05) is 0 Å². The number of pyridine rings is 1. The molecule has 4 rings (SSSR count). The van der Waals surface area contributed by atoms with Crippen LogP contribution in [0.25, 0.3) is 21.3 Å². The number of carbonyl (C=O) groups is 1. The summed E-state index contributed by atoms with van der Waals surface area (Å²) in [4.78, 5) is 18.8. The van der Waals surface area contributed by atoms with Crippen LogP contribution < -0.4 is 0 Å². The van der Waals surface area contributed by atoms with Crippen molar-refractivity contribution >= 4 is 39.1 Å². The van der Waals surface area contributed by atoms with Gasteiger partial charge in [-0.15, -0.1) is 11.3 Å². The highest BCUT2D eigenvalue weighted by Crippen LogP contribution is 2.45. The van der Waals surface area contributed by atoms with Gasteiger partial charge in [-0.25, -0.2) is 14.2 Å². The Labute approximate surface area is 170 Å². The quantitative estimate of drug-likeness (QED) is 0.596. The predicted molar refractivity (Wildman–Crippen MR) is 108 cm³/mol. The van der Waals surface area contributed by atoms with E-state index in [-0.39, 0.29) is 10.6 Å². The minimum atomic E-state index is -1.55. The SMILES string of the molecule is COC(=O)C(O)c1c(C)nc2sc3c(c2c1-c1ccc(Cl)cc1F)CCCC3. The number of aromatic nitrogens is 1. The molecule has 0 saturated carbocycles. The number of aliphatic hydroxyl groups excluding tert-OH is 1. The number of benzene rings is 1. The number of hydrogen-bond donors (Lipinski definition) is 1. The number of nitrogens with zero attached hydrogens (tertiary/aromatic N) is 1. The first-order valence-corrected chi connectivity index (χ1v) is 10.3. The summed E-state index contributed by atoms with van der Waals surface area (Å²) in [6.45, 7) is 1.72. The highest BCUT2D eigenvalue weighted by atomic mass is 35.5. The lowest BCUT2D eigenvalue weighted by Gasteiger charge is -2.20. The van der Waals surface area contributed by atoms with E-state index in [4.69, 9.17) is 16.3 Å². The fraction of sp³-hybridized carbons (Fsp3) is 0.333. The second-order valence-corrected chi connectivity index (χ2v) is 8.45. The number of fused-ring (bicyclic) bond motifs is 3. The van der Waals surface area contributed by atoms with Crippen LogP contribution in [-0.4, -0.2) is 23.2 Å². The molecule has 1 unspecified atom stereocenters. The molecule has 0 radical (unpaired) electrons. The van der Waals surface area contributed by atoms with Crippen molar-refractivity contribution < 1.29 is 19.0 Å². The Morgan fingerprint density at radius 2 is 2.11 bits per heavy atom. The fourth-order valence-electron chi connectivity index (χ4n) is 3.95. The van der Waals surface area contributed by atoms with Gasteiger partial charge in [-0.1, -0.05) is 11.6 Å². The highest BCUT2D eigenvalue weighted by molar-refractivity contribution is 7.19. The lowest BCUT2D eigenvalue weighted by molar-refractivity contribution is -0.150. The molecule has 28 heavy (non-hydrogen) atoms. The second kappa shape index (κ2) is 7.43. The van der Waals surface area contributed by atoms with Gasteiger partial charge in [-0.05, 0) is 56.4 Å². The number of aliphatic hydroxyl groups is 1. The molecular weight excluding hydrogens is 401 g/mol. The average Bonchev–Trinajstić information content (AvgIpc) is 3.04. The van der Waals surface area contributed by atoms with Gasteiger partial charge in [-0.3, -0.25) is 0 Å². The van der Waals surface area contributed by atoms with Gasteiger partial charge in [0.1, 0.15) is 10.6 Å². The van der Waals surface area contributed by atoms with Crippen LogP contribution >= 0.6 is 22.9 Å². The van der Waals surface area contributed by atoms with Crippen molar-refractivity contribution in [2.24, 2.45) is 0 Å². The Hall–Kier alpha value is -2.02. The van der Waals surface area contributed by atoms with Gasteiger partial charge in [0.2, 0.25) is 0 Å². The molecule has 0 spiro atoms. The summed E-state index contributed by atoms with van der Waals surface area (Å²) in [7, 11) is 1.21. The van der Waals surface area contributed by atoms with Crippen molar-refractivity contribution in [2.75, 3.05) is 7.11 Å². The molecule has 4 nitrogen and oxygen atoms in total. The first-order chi connectivity index (χ1) is 13.4. The molecule has 1 N–H and O–H groups in total. The molecule has 2 aromatic heterocycles. The van der Waals surface area contributed by atoms with E-state index in [0.717, 1.165) is 41.5 Å². The smallest absolute Gasteiger partial charge is 0.339 e. The highest BCUT2D eigenvalue weighted by Gasteiger charge is 2.30. The number of halogens is 2. The molecule has 146 valence electrons. The van der Waals surface area contributed by atoms with Gasteiger partial charge in [0.05, 0.1) is 7.11 Å². The summed E-state index contributed by atoms with van der Waals surface area (Å²) in [5.41, 5.74) is 2.71. The lowest BCUT2D eigenvalue weighted by atomic mass is 9.88. The maximum absolute atomic E-state index is 15.0. The van der Waals surface area contributed by atoms with Crippen LogP contribution in [0.1, 0.15) is 40.6 Å². The van der Waals surface area contributed by atoms with Crippen LogP contribution in [0.15, 0.2) is 18.2 Å². The Kier molecular flexibility index (Phi) is 5.12. The first-order valence-electron chi connectivity index (χ1n) is 9.08. The summed E-state index contributed by atoms with van der Waals surface area (Å²) in [5, 5.41) is 11.8. The number of aryl methyl sites for hydroxylation is 3. The van der Waals surface area contributed by atoms with E-state index in [0.29, 0.717) is 16.8 Å². The van der Waals surface area contributed by atoms with Crippen molar-refractivity contribution in [1.82, 2.24) is 4.98 Å². The monoisotopic (exact) mass is 419 g/mol. The zero-order valence-corrected chi connectivity index (χ0v) is 17.1. The zero-order chi connectivity index (χ0) is 20.0. The van der Waals surface area contributed by atoms with Gasteiger partial charge in [0, 0.05) is 37.7 Å². The van der Waals surface area contributed by atoms with Crippen molar-refractivity contribution in [3.05, 3.63) is 50.7 Å². The summed E-state index contributed by atoms with van der Waals surface area (Å²) >= 11 is 7.56. The minimum Gasteiger partial charge on any atom is -0.467 e. The Morgan fingerprint density at radius 3 is 2.82 bits per heavy atom. The van der Waals surface area contributed by atoms with E-state index in [1.54, 1.807) is 30.4 Å². The number of carbonyl (C=O) groups excluding carboxylic acids is 1. The van der Waals surface area contributed by atoms with Gasteiger partial charge < -0.3 is 9.84 Å². The standard InChI is InChI=1S/C21H19ClFNO3S/c1-10-16(19(25)21(26)27-2)17(12-8-7-11(22)9-14(12)23)18-13-5-3-4-6-15(13)28-20(18)24-10/h7-9,19,25H,3-6H2,1-2H3. The number of esters is 1. The minimum absolute atomic E-state index is 0.283. The maximum Gasteiger partial charge on any atom is 0.339 e. The molecular formula is C21H19ClFNO3S. The molecule has 1 aromatic carbocycles. The van der Waals surface area contributed by atoms with Crippen LogP contribution in [0.4, 0.5) is 4.39 Å². The summed E-state index contributed by atoms with van der Waals surface area (Å²) in [5.74, 6) is -1.31. The second-order valence-electron chi connectivity index (χ2n) is 6.93. The summed E-state index contributed by atoms with van der Waals surface area (Å²) in [6.07, 6.45) is 2.44. The Balaban J connectivity index is 2.13. The van der Waals surface area contributed by atoms with Crippen LogP contribution in [0, 0.1) is 12.7 Å². The number of rotatable bonds is 3. The molecule has 7 heteroatoms. The third-order valence-corrected chi connectivity index (χ3v) is 6.65. The topological polar surface area (TPSA) is 59.4 Å². The third-order valence-electron chi connectivity index (χ3n) is 5.23. The third kappa shape index (κ3) is 3.09. The van der Waals surface area contributed by atoms with Gasteiger partial charge >= 0.3 is 5.97 Å². The van der Waals surface area contributed by atoms with E-state index >= 15 is 0 Å². The van der Waals surface area contributed by atoms with Crippen molar-refractivity contribution in [3.63, 3.8) is 0 Å². The Bertz CT molecular complexity index is 1100. The van der Waals surface area contributed by atoms with E-state index in [2.05, 4.69) is 4.98 Å². The van der Waals surface area contributed by atoms with Crippen molar-refractivity contribution in [3.8, 4) is 11.1 Å².